The number of amides is 1. The number of hydrogen-bond donors (Lipinski definition) is 1. The van der Waals surface area contributed by atoms with E-state index >= 15 is 0 Å². The molecule has 1 aliphatic rings. The van der Waals surface area contributed by atoms with Crippen molar-refractivity contribution in [2.24, 2.45) is 0 Å². The Labute approximate surface area is 167 Å². The van der Waals surface area contributed by atoms with Crippen LogP contribution in [-0.4, -0.2) is 38.1 Å². The van der Waals surface area contributed by atoms with E-state index in [4.69, 9.17) is 0 Å². The average Bonchev–Trinajstić information content (AvgIpc) is 2.68. The molecule has 0 radical (unpaired) electrons. The highest BCUT2D eigenvalue weighted by molar-refractivity contribution is 7.90. The first kappa shape index (κ1) is 20.6. The Hall–Kier alpha value is -2.18. The average molecular weight is 401 g/mol. The van der Waals surface area contributed by atoms with Gasteiger partial charge in [-0.05, 0) is 55.6 Å². The fourth-order valence-corrected chi connectivity index (χ4v) is 4.21. The van der Waals surface area contributed by atoms with Crippen molar-refractivity contribution in [3.8, 4) is 0 Å². The molecule has 2 aromatic rings. The van der Waals surface area contributed by atoms with Crippen molar-refractivity contribution >= 4 is 15.7 Å². The van der Waals surface area contributed by atoms with Gasteiger partial charge in [-0.2, -0.15) is 0 Å². The molecule has 0 aliphatic carbocycles. The Bertz CT molecular complexity index is 923. The first-order valence-corrected chi connectivity index (χ1v) is 11.6. The summed E-state index contributed by atoms with van der Waals surface area (Å²) in [6.07, 6.45) is 5.00. The normalized spacial score (nSPS) is 18.0. The molecule has 2 aromatic carbocycles. The summed E-state index contributed by atoms with van der Waals surface area (Å²) in [5.74, 6) is -0.281. The van der Waals surface area contributed by atoms with Gasteiger partial charge in [0, 0.05) is 31.0 Å². The molecule has 1 unspecified atom stereocenters. The van der Waals surface area contributed by atoms with Crippen molar-refractivity contribution in [1.29, 1.82) is 0 Å². The summed E-state index contributed by atoms with van der Waals surface area (Å²) >= 11 is 0. The molecule has 28 heavy (non-hydrogen) atoms. The van der Waals surface area contributed by atoms with Gasteiger partial charge in [0.1, 0.15) is 0 Å². The van der Waals surface area contributed by atoms with Crippen molar-refractivity contribution in [3.05, 3.63) is 65.2 Å². The molecule has 5 nitrogen and oxygen atoms in total. The highest BCUT2D eigenvalue weighted by Crippen LogP contribution is 2.19. The van der Waals surface area contributed by atoms with Crippen LogP contribution >= 0.6 is 0 Å². The van der Waals surface area contributed by atoms with E-state index in [0.29, 0.717) is 18.2 Å². The van der Waals surface area contributed by atoms with E-state index in [1.54, 1.807) is 12.1 Å². The number of nitrogens with zero attached hydrogens (tertiary/aromatic N) is 1. The predicted octanol–water partition coefficient (Wildman–Crippen LogP) is 3.39. The molecule has 0 aromatic heterocycles. The number of carbonyl (C=O) groups excluding carboxylic acids is 1. The quantitative estimate of drug-likeness (QED) is 0.807. The minimum atomic E-state index is -3.33. The van der Waals surface area contributed by atoms with Crippen molar-refractivity contribution in [2.45, 2.75) is 50.2 Å². The fourth-order valence-electron chi connectivity index (χ4n) is 3.54. The number of nitrogens with one attached hydrogen (secondary N) is 1. The third-order valence-electron chi connectivity index (χ3n) is 5.33. The minimum absolute atomic E-state index is 0.149. The molecule has 0 saturated carbocycles. The maximum Gasteiger partial charge on any atom is 0.251 e. The SMILES string of the molecule is CC1CCCCN1Cc1ccc(CNC(=O)c2cccc(S(C)(=O)=O)c2)cc1. The van der Waals surface area contributed by atoms with Crippen LogP contribution < -0.4 is 5.32 Å². The van der Waals surface area contributed by atoms with Crippen LogP contribution in [0, 0.1) is 0 Å². The maximum atomic E-state index is 12.4. The summed E-state index contributed by atoms with van der Waals surface area (Å²) < 4.78 is 23.3. The lowest BCUT2D eigenvalue weighted by Gasteiger charge is -2.33. The molecule has 1 fully saturated rings. The number of hydrogen-bond acceptors (Lipinski definition) is 4. The first-order chi connectivity index (χ1) is 13.3. The Morgan fingerprint density at radius 3 is 2.50 bits per heavy atom. The molecule has 1 N–H and O–H groups in total. The lowest BCUT2D eigenvalue weighted by atomic mass is 10.0. The number of rotatable bonds is 6. The first-order valence-electron chi connectivity index (χ1n) is 9.73. The number of likely N-dealkylation sites (tertiary alicyclic amines) is 1. The van der Waals surface area contributed by atoms with E-state index in [2.05, 4.69) is 29.3 Å². The van der Waals surface area contributed by atoms with Gasteiger partial charge in [0.2, 0.25) is 0 Å². The van der Waals surface area contributed by atoms with Gasteiger partial charge in [0.05, 0.1) is 4.90 Å². The van der Waals surface area contributed by atoms with Crippen LogP contribution in [0.4, 0.5) is 0 Å². The summed E-state index contributed by atoms with van der Waals surface area (Å²) in [5.41, 5.74) is 2.64. The van der Waals surface area contributed by atoms with E-state index < -0.39 is 9.84 Å². The molecule has 1 saturated heterocycles. The van der Waals surface area contributed by atoms with E-state index in [-0.39, 0.29) is 10.8 Å². The number of benzene rings is 2. The van der Waals surface area contributed by atoms with Gasteiger partial charge in [-0.3, -0.25) is 9.69 Å². The molecule has 6 heteroatoms. The van der Waals surface area contributed by atoms with E-state index in [1.165, 1.54) is 37.0 Å². The summed E-state index contributed by atoms with van der Waals surface area (Å²) in [7, 11) is -3.33. The molecular formula is C22H28N2O3S. The molecule has 1 heterocycles. The number of sulfone groups is 1. The van der Waals surface area contributed by atoms with Crippen LogP contribution in [0.3, 0.4) is 0 Å². The second-order valence-corrected chi connectivity index (χ2v) is 9.63. The molecule has 150 valence electrons. The van der Waals surface area contributed by atoms with Crippen LogP contribution in [0.15, 0.2) is 53.4 Å². The van der Waals surface area contributed by atoms with Crippen LogP contribution in [0.25, 0.3) is 0 Å². The summed E-state index contributed by atoms with van der Waals surface area (Å²) in [4.78, 5) is 15.0. The van der Waals surface area contributed by atoms with Crippen LogP contribution in [0.2, 0.25) is 0 Å². The zero-order chi connectivity index (χ0) is 20.1. The fraction of sp³-hybridized carbons (Fsp3) is 0.409. The highest BCUT2D eigenvalue weighted by atomic mass is 32.2. The molecule has 0 spiro atoms. The Morgan fingerprint density at radius 2 is 1.82 bits per heavy atom. The Morgan fingerprint density at radius 1 is 1.11 bits per heavy atom. The van der Waals surface area contributed by atoms with Gasteiger partial charge >= 0.3 is 0 Å². The molecule has 1 amide bonds. The predicted molar refractivity (Wildman–Crippen MR) is 111 cm³/mol. The molecule has 1 aliphatic heterocycles. The van der Waals surface area contributed by atoms with Gasteiger partial charge < -0.3 is 5.32 Å². The van der Waals surface area contributed by atoms with E-state index in [1.807, 2.05) is 12.1 Å². The second kappa shape index (κ2) is 8.88. The third-order valence-corrected chi connectivity index (χ3v) is 6.44. The van der Waals surface area contributed by atoms with Crippen molar-refractivity contribution in [3.63, 3.8) is 0 Å². The largest absolute Gasteiger partial charge is 0.348 e. The van der Waals surface area contributed by atoms with E-state index in [9.17, 15) is 13.2 Å². The van der Waals surface area contributed by atoms with Gasteiger partial charge in [0.15, 0.2) is 9.84 Å². The van der Waals surface area contributed by atoms with Gasteiger partial charge in [0.25, 0.3) is 5.91 Å². The Kier molecular flexibility index (Phi) is 6.52. The number of piperidine rings is 1. The highest BCUT2D eigenvalue weighted by Gasteiger charge is 2.18. The second-order valence-electron chi connectivity index (χ2n) is 7.61. The number of carbonyl (C=O) groups is 1. The van der Waals surface area contributed by atoms with Gasteiger partial charge in [-0.15, -0.1) is 0 Å². The topological polar surface area (TPSA) is 66.5 Å². The molecular weight excluding hydrogens is 372 g/mol. The summed E-state index contributed by atoms with van der Waals surface area (Å²) in [5, 5.41) is 2.86. The van der Waals surface area contributed by atoms with Crippen LogP contribution in [-0.2, 0) is 22.9 Å². The Balaban J connectivity index is 1.57. The lowest BCUT2D eigenvalue weighted by molar-refractivity contribution is 0.0950. The lowest BCUT2D eigenvalue weighted by Crippen LogP contribution is -2.36. The minimum Gasteiger partial charge on any atom is -0.348 e. The van der Waals surface area contributed by atoms with Crippen molar-refractivity contribution in [1.82, 2.24) is 10.2 Å². The summed E-state index contributed by atoms with van der Waals surface area (Å²) in [6.45, 7) is 4.82. The zero-order valence-corrected chi connectivity index (χ0v) is 17.3. The summed E-state index contributed by atoms with van der Waals surface area (Å²) in [6, 6.07) is 15.1. The molecule has 3 rings (SSSR count). The van der Waals surface area contributed by atoms with Crippen LogP contribution in [0.5, 0.6) is 0 Å². The zero-order valence-electron chi connectivity index (χ0n) is 16.5. The van der Waals surface area contributed by atoms with Crippen molar-refractivity contribution < 1.29 is 13.2 Å². The molecule has 1 atom stereocenters. The van der Waals surface area contributed by atoms with E-state index in [0.717, 1.165) is 24.9 Å². The smallest absolute Gasteiger partial charge is 0.251 e. The third kappa shape index (κ3) is 5.42. The monoisotopic (exact) mass is 400 g/mol. The maximum absolute atomic E-state index is 12.4. The van der Waals surface area contributed by atoms with Gasteiger partial charge in [-0.25, -0.2) is 8.42 Å². The molecule has 0 bridgehead atoms. The van der Waals surface area contributed by atoms with Gasteiger partial charge in [-0.1, -0.05) is 36.8 Å². The van der Waals surface area contributed by atoms with Crippen LogP contribution in [0.1, 0.15) is 47.7 Å². The standard InChI is InChI=1S/C22H28N2O3S/c1-17-6-3-4-13-24(17)16-19-11-9-18(10-12-19)15-23-22(25)20-7-5-8-21(14-20)28(2,26)27/h5,7-12,14,17H,3-4,6,13,15-16H2,1-2H3,(H,23,25). The van der Waals surface area contributed by atoms with Crippen molar-refractivity contribution in [2.75, 3.05) is 12.8 Å².